The third-order valence-corrected chi connectivity index (χ3v) is 6.32. The minimum absolute atomic E-state index is 0.0686. The summed E-state index contributed by atoms with van der Waals surface area (Å²) in [6, 6.07) is 7.33. The van der Waals surface area contributed by atoms with Crippen LogP contribution in [0.3, 0.4) is 0 Å². The van der Waals surface area contributed by atoms with Gasteiger partial charge in [0.05, 0.1) is 11.9 Å². The number of amides is 2. The highest BCUT2D eigenvalue weighted by Crippen LogP contribution is 2.31. The normalized spacial score (nSPS) is 15.8. The molecule has 1 saturated heterocycles. The SMILES string of the molecule is O=C(Nc1cnc2[nH]cc(-c3cc4n(c3)CCNC4=O)c2c1)c1ccnc(N2CCNCC2)c1. The van der Waals surface area contributed by atoms with Gasteiger partial charge in [-0.1, -0.05) is 0 Å². The van der Waals surface area contributed by atoms with E-state index in [1.165, 1.54) is 0 Å². The molecular weight excluding hydrogens is 432 g/mol. The van der Waals surface area contributed by atoms with E-state index in [2.05, 4.69) is 35.8 Å². The van der Waals surface area contributed by atoms with E-state index in [0.717, 1.165) is 55.1 Å². The van der Waals surface area contributed by atoms with Gasteiger partial charge in [0, 0.05) is 79.9 Å². The van der Waals surface area contributed by atoms with E-state index in [1.807, 2.05) is 35.2 Å². The largest absolute Gasteiger partial charge is 0.354 e. The second-order valence-corrected chi connectivity index (χ2v) is 8.48. The van der Waals surface area contributed by atoms with Crippen molar-refractivity contribution in [3.8, 4) is 11.1 Å². The highest BCUT2D eigenvalue weighted by atomic mass is 16.2. The smallest absolute Gasteiger partial charge is 0.267 e. The zero-order chi connectivity index (χ0) is 23.1. The Morgan fingerprint density at radius 1 is 1.06 bits per heavy atom. The Morgan fingerprint density at radius 2 is 1.94 bits per heavy atom. The van der Waals surface area contributed by atoms with Gasteiger partial charge in [-0.2, -0.15) is 0 Å². The predicted octanol–water partition coefficient (Wildman–Crippen LogP) is 1.83. The lowest BCUT2D eigenvalue weighted by molar-refractivity contribution is 0.0927. The number of fused-ring (bicyclic) bond motifs is 2. The number of piperazine rings is 1. The first-order valence-electron chi connectivity index (χ1n) is 11.3. The molecule has 0 bridgehead atoms. The quantitative estimate of drug-likeness (QED) is 0.372. The van der Waals surface area contributed by atoms with Crippen LogP contribution in [0.4, 0.5) is 11.5 Å². The highest BCUT2D eigenvalue weighted by Gasteiger charge is 2.20. The summed E-state index contributed by atoms with van der Waals surface area (Å²) in [6.45, 7) is 4.89. The Kier molecular flexibility index (Phi) is 4.99. The van der Waals surface area contributed by atoms with Crippen LogP contribution in [0.5, 0.6) is 0 Å². The van der Waals surface area contributed by atoms with Gasteiger partial charge in [-0.3, -0.25) is 9.59 Å². The number of nitrogens with one attached hydrogen (secondary N) is 4. The summed E-state index contributed by atoms with van der Waals surface area (Å²) >= 11 is 0. The summed E-state index contributed by atoms with van der Waals surface area (Å²) in [5, 5.41) is 10.0. The van der Waals surface area contributed by atoms with E-state index in [9.17, 15) is 9.59 Å². The molecule has 0 radical (unpaired) electrons. The van der Waals surface area contributed by atoms with Crippen molar-refractivity contribution in [3.63, 3.8) is 0 Å². The minimum Gasteiger partial charge on any atom is -0.354 e. The van der Waals surface area contributed by atoms with Crippen LogP contribution in [0.15, 0.2) is 49.1 Å². The lowest BCUT2D eigenvalue weighted by Crippen LogP contribution is -2.43. The highest BCUT2D eigenvalue weighted by molar-refractivity contribution is 6.06. The molecule has 4 N–H and O–H groups in total. The van der Waals surface area contributed by atoms with Gasteiger partial charge in [-0.25, -0.2) is 9.97 Å². The number of pyridine rings is 2. The maximum Gasteiger partial charge on any atom is 0.267 e. The predicted molar refractivity (Wildman–Crippen MR) is 129 cm³/mol. The molecule has 2 aliphatic heterocycles. The van der Waals surface area contributed by atoms with E-state index < -0.39 is 0 Å². The second kappa shape index (κ2) is 8.31. The third kappa shape index (κ3) is 3.67. The lowest BCUT2D eigenvalue weighted by Gasteiger charge is -2.28. The summed E-state index contributed by atoms with van der Waals surface area (Å²) in [6.07, 6.45) is 7.17. The second-order valence-electron chi connectivity index (χ2n) is 8.48. The van der Waals surface area contributed by atoms with Crippen molar-refractivity contribution >= 4 is 34.4 Å². The monoisotopic (exact) mass is 456 g/mol. The molecule has 0 unspecified atom stereocenters. The van der Waals surface area contributed by atoms with Gasteiger partial charge in [0.25, 0.3) is 11.8 Å². The first-order chi connectivity index (χ1) is 16.7. The molecule has 4 aromatic rings. The molecule has 0 spiro atoms. The summed E-state index contributed by atoms with van der Waals surface area (Å²) in [5.74, 6) is 0.520. The van der Waals surface area contributed by atoms with Gasteiger partial charge in [-0.15, -0.1) is 0 Å². The molecule has 172 valence electrons. The number of aromatic nitrogens is 4. The van der Waals surface area contributed by atoms with Gasteiger partial charge in [0.1, 0.15) is 17.2 Å². The number of carbonyl (C=O) groups is 2. The van der Waals surface area contributed by atoms with Gasteiger partial charge in [0.2, 0.25) is 0 Å². The van der Waals surface area contributed by atoms with Crippen LogP contribution < -0.4 is 20.9 Å². The molecule has 6 rings (SSSR count). The van der Waals surface area contributed by atoms with Crippen molar-refractivity contribution in [1.82, 2.24) is 30.2 Å². The van der Waals surface area contributed by atoms with Crippen LogP contribution in [0.1, 0.15) is 20.8 Å². The molecule has 2 aliphatic rings. The fourth-order valence-corrected chi connectivity index (χ4v) is 4.55. The minimum atomic E-state index is -0.215. The number of H-pyrrole nitrogens is 1. The van der Waals surface area contributed by atoms with Crippen LogP contribution in [0.25, 0.3) is 22.2 Å². The van der Waals surface area contributed by atoms with Crippen molar-refractivity contribution in [3.05, 3.63) is 60.3 Å². The molecule has 0 aromatic carbocycles. The molecule has 2 amide bonds. The van der Waals surface area contributed by atoms with Crippen molar-refractivity contribution in [1.29, 1.82) is 0 Å². The van der Waals surface area contributed by atoms with Crippen LogP contribution >= 0.6 is 0 Å². The van der Waals surface area contributed by atoms with Gasteiger partial charge < -0.3 is 30.4 Å². The maximum absolute atomic E-state index is 13.0. The van der Waals surface area contributed by atoms with Crippen molar-refractivity contribution in [2.75, 3.05) is 42.9 Å². The number of hydrogen-bond donors (Lipinski definition) is 4. The molecular formula is C24H24N8O2. The van der Waals surface area contributed by atoms with E-state index in [1.54, 1.807) is 18.5 Å². The van der Waals surface area contributed by atoms with Crippen molar-refractivity contribution in [2.24, 2.45) is 0 Å². The Morgan fingerprint density at radius 3 is 2.79 bits per heavy atom. The Labute approximate surface area is 195 Å². The number of anilines is 2. The summed E-state index contributed by atoms with van der Waals surface area (Å²) in [5.41, 5.74) is 4.36. The van der Waals surface area contributed by atoms with E-state index >= 15 is 0 Å². The van der Waals surface area contributed by atoms with Gasteiger partial charge >= 0.3 is 0 Å². The molecule has 0 aliphatic carbocycles. The van der Waals surface area contributed by atoms with E-state index in [4.69, 9.17) is 0 Å². The first kappa shape index (κ1) is 20.4. The van der Waals surface area contributed by atoms with Crippen LogP contribution in [-0.2, 0) is 6.54 Å². The molecule has 0 saturated carbocycles. The van der Waals surface area contributed by atoms with Crippen LogP contribution in [0, 0.1) is 0 Å². The fourth-order valence-electron chi connectivity index (χ4n) is 4.55. The zero-order valence-electron chi connectivity index (χ0n) is 18.5. The molecule has 1 fully saturated rings. The van der Waals surface area contributed by atoms with Crippen LogP contribution in [0.2, 0.25) is 0 Å². The number of rotatable bonds is 4. The molecule has 34 heavy (non-hydrogen) atoms. The number of nitrogens with zero attached hydrogens (tertiary/aromatic N) is 4. The maximum atomic E-state index is 13.0. The van der Waals surface area contributed by atoms with Gasteiger partial charge in [0.15, 0.2) is 0 Å². The Balaban J connectivity index is 1.27. The average Bonchev–Trinajstić information content (AvgIpc) is 3.49. The van der Waals surface area contributed by atoms with Crippen LogP contribution in [-0.4, -0.2) is 64.1 Å². The topological polar surface area (TPSA) is 120 Å². The molecule has 6 heterocycles. The third-order valence-electron chi connectivity index (χ3n) is 6.32. The summed E-state index contributed by atoms with van der Waals surface area (Å²) in [7, 11) is 0. The van der Waals surface area contributed by atoms with Gasteiger partial charge in [-0.05, 0) is 24.3 Å². The van der Waals surface area contributed by atoms with E-state index in [0.29, 0.717) is 29.1 Å². The number of hydrogen-bond acceptors (Lipinski definition) is 6. The summed E-state index contributed by atoms with van der Waals surface area (Å²) in [4.78, 5) is 39.4. The fraction of sp³-hybridized carbons (Fsp3) is 0.250. The van der Waals surface area contributed by atoms with Crippen molar-refractivity contribution < 1.29 is 9.59 Å². The standard InChI is InChI=1S/C24H24N8O2/c33-23(15-1-2-26-21(10-15)31-6-3-25-4-7-31)30-17-11-18-19(13-29-22(18)28-12-17)16-9-20-24(34)27-5-8-32(20)14-16/h1-2,9-14,25H,3-8H2,(H,27,34)(H,28,29)(H,30,33). The first-order valence-corrected chi connectivity index (χ1v) is 11.3. The zero-order valence-corrected chi connectivity index (χ0v) is 18.5. The average molecular weight is 457 g/mol. The molecule has 10 nitrogen and oxygen atoms in total. The number of carbonyl (C=O) groups excluding carboxylic acids is 2. The molecule has 10 heteroatoms. The molecule has 0 atom stereocenters. The number of aromatic amines is 1. The lowest BCUT2D eigenvalue weighted by atomic mass is 10.1. The summed E-state index contributed by atoms with van der Waals surface area (Å²) < 4.78 is 1.96. The Hall–Kier alpha value is -4.18. The Bertz CT molecular complexity index is 1400. The van der Waals surface area contributed by atoms with Crippen molar-refractivity contribution in [2.45, 2.75) is 6.54 Å². The van der Waals surface area contributed by atoms with E-state index in [-0.39, 0.29) is 11.8 Å². The molecule has 4 aromatic heterocycles.